The lowest BCUT2D eigenvalue weighted by atomic mass is 9.48. The zero-order chi connectivity index (χ0) is 38.3. The summed E-state index contributed by atoms with van der Waals surface area (Å²) in [7, 11) is 0. The summed E-state index contributed by atoms with van der Waals surface area (Å²) in [6.45, 7) is 1.93. The van der Waals surface area contributed by atoms with Crippen molar-refractivity contribution in [2.75, 3.05) is 10.3 Å². The van der Waals surface area contributed by atoms with Crippen molar-refractivity contribution in [2.24, 2.45) is 29.6 Å². The molecule has 5 aliphatic rings. The molecule has 3 fully saturated rings. The highest BCUT2D eigenvalue weighted by molar-refractivity contribution is 6.23. The molecule has 6 atom stereocenters. The second-order valence-electron chi connectivity index (χ2n) is 14.9. The van der Waals surface area contributed by atoms with Crippen LogP contribution in [0.5, 0.6) is 17.2 Å². The first-order valence-electron chi connectivity index (χ1n) is 18.1. The third-order valence-electron chi connectivity index (χ3n) is 12.0. The Morgan fingerprint density at radius 3 is 2.36 bits per heavy atom. The summed E-state index contributed by atoms with van der Waals surface area (Å²) in [4.78, 5) is 71.5. The maximum absolute atomic E-state index is 15.4. The Kier molecular flexibility index (Phi) is 7.71. The first-order valence-corrected chi connectivity index (χ1v) is 18.1. The van der Waals surface area contributed by atoms with E-state index in [4.69, 9.17) is 4.74 Å². The lowest BCUT2D eigenvalue weighted by Gasteiger charge is -2.51. The zero-order valence-corrected chi connectivity index (χ0v) is 29.5. The van der Waals surface area contributed by atoms with Crippen molar-refractivity contribution < 1.29 is 44.0 Å². The van der Waals surface area contributed by atoms with Crippen molar-refractivity contribution in [1.29, 1.82) is 0 Å². The van der Waals surface area contributed by atoms with E-state index in [-0.39, 0.29) is 36.3 Å². The zero-order valence-electron chi connectivity index (χ0n) is 29.5. The number of aromatic carboxylic acids is 1. The lowest BCUT2D eigenvalue weighted by molar-refractivity contribution is -0.139. The van der Waals surface area contributed by atoms with Crippen LogP contribution in [-0.4, -0.2) is 49.9 Å². The van der Waals surface area contributed by atoms with Gasteiger partial charge in [-0.15, -0.1) is 0 Å². The third-order valence-corrected chi connectivity index (χ3v) is 12.0. The highest BCUT2D eigenvalue weighted by Crippen LogP contribution is 2.63. The predicted molar refractivity (Wildman–Crippen MR) is 198 cm³/mol. The van der Waals surface area contributed by atoms with E-state index in [9.17, 15) is 34.5 Å². The number of hydrogen-bond acceptors (Lipinski definition) is 9. The number of carbonyl (C=O) groups excluding carboxylic acids is 4. The molecule has 2 saturated heterocycles. The third kappa shape index (κ3) is 5.00. The maximum Gasteiger partial charge on any atom is 0.339 e. The van der Waals surface area contributed by atoms with Gasteiger partial charge in [-0.3, -0.25) is 24.6 Å². The molecule has 4 aromatic carbocycles. The topological polar surface area (TPSA) is 174 Å². The molecule has 12 nitrogen and oxygen atoms in total. The molecule has 1 saturated carbocycles. The van der Waals surface area contributed by atoms with E-state index in [0.717, 1.165) is 33.2 Å². The maximum atomic E-state index is 15.4. The van der Waals surface area contributed by atoms with Crippen molar-refractivity contribution in [3.05, 3.63) is 137 Å². The molecule has 4 aromatic rings. The molecule has 9 rings (SSSR count). The summed E-state index contributed by atoms with van der Waals surface area (Å²) in [5.74, 6) is -7.47. The number of hydrazine groups is 1. The molecule has 276 valence electrons. The van der Waals surface area contributed by atoms with Crippen LogP contribution < -0.4 is 15.1 Å². The minimum atomic E-state index is -1.49. The van der Waals surface area contributed by atoms with E-state index in [2.05, 4.69) is 5.43 Å². The molecule has 55 heavy (non-hydrogen) atoms. The molecule has 3 aliphatic heterocycles. The van der Waals surface area contributed by atoms with Crippen LogP contribution in [0.4, 0.5) is 11.4 Å². The number of carboxylic acids is 1. The van der Waals surface area contributed by atoms with Gasteiger partial charge in [-0.2, -0.15) is 5.01 Å². The van der Waals surface area contributed by atoms with Crippen LogP contribution in [0.15, 0.2) is 114 Å². The van der Waals surface area contributed by atoms with Gasteiger partial charge < -0.3 is 20.1 Å². The number of nitrogens with zero attached hydrogens (tertiary/aromatic N) is 2. The van der Waals surface area contributed by atoms with Crippen molar-refractivity contribution in [3.63, 3.8) is 0 Å². The number of hydrogen-bond donors (Lipinski definition) is 4. The van der Waals surface area contributed by atoms with Gasteiger partial charge in [0, 0.05) is 24.0 Å². The van der Waals surface area contributed by atoms with Gasteiger partial charge in [0.2, 0.25) is 11.8 Å². The van der Waals surface area contributed by atoms with Crippen LogP contribution >= 0.6 is 0 Å². The number of carboxylic acid groups (broad SMARTS) is 1. The fourth-order valence-corrected chi connectivity index (χ4v) is 9.66. The fourth-order valence-electron chi connectivity index (χ4n) is 9.66. The molecule has 12 heteroatoms. The SMILES string of the molecule is Cc1ccc(NN2C(=O)[C@@H]3C[C@@H]4C(=CC[C@@H]5C(=O)N(c6ccc(C(=O)O)c(O)c6)C(=O)[C@@H]54)[C@H](C4=COc5ccc(O)cc5C4)[C@]3(c3ccccc3)C2=O)cc1. The van der Waals surface area contributed by atoms with E-state index in [0.29, 0.717) is 28.1 Å². The highest BCUT2D eigenvalue weighted by atomic mass is 16.5. The molecule has 0 spiro atoms. The second-order valence-corrected chi connectivity index (χ2v) is 14.9. The van der Waals surface area contributed by atoms with Crippen molar-refractivity contribution in [3.8, 4) is 17.2 Å². The molecular weight excluding hydrogens is 702 g/mol. The van der Waals surface area contributed by atoms with Gasteiger partial charge in [-0.1, -0.05) is 59.7 Å². The van der Waals surface area contributed by atoms with Gasteiger partial charge in [-0.05, 0) is 79.3 Å². The molecular formula is C43H35N3O9. The number of allylic oxidation sites excluding steroid dienone is 3. The summed E-state index contributed by atoms with van der Waals surface area (Å²) in [5, 5.41) is 31.5. The number of imide groups is 2. The molecule has 4 amide bonds. The second kappa shape index (κ2) is 12.4. The van der Waals surface area contributed by atoms with E-state index in [1.54, 1.807) is 30.5 Å². The normalized spacial score (nSPS) is 26.7. The Morgan fingerprint density at radius 1 is 0.873 bits per heavy atom. The fraction of sp³-hybridized carbons (Fsp3) is 0.233. The monoisotopic (exact) mass is 737 g/mol. The van der Waals surface area contributed by atoms with Crippen molar-refractivity contribution in [2.45, 2.75) is 31.6 Å². The number of benzene rings is 4. The predicted octanol–water partition coefficient (Wildman–Crippen LogP) is 5.65. The lowest BCUT2D eigenvalue weighted by Crippen LogP contribution is -2.55. The van der Waals surface area contributed by atoms with Crippen molar-refractivity contribution >= 4 is 41.0 Å². The van der Waals surface area contributed by atoms with Gasteiger partial charge in [-0.25, -0.2) is 9.69 Å². The summed E-state index contributed by atoms with van der Waals surface area (Å²) >= 11 is 0. The molecule has 4 N–H and O–H groups in total. The van der Waals surface area contributed by atoms with Gasteiger partial charge >= 0.3 is 5.97 Å². The number of carbonyl (C=O) groups is 5. The van der Waals surface area contributed by atoms with Crippen LogP contribution in [0.1, 0.15) is 39.9 Å². The molecule has 0 radical (unpaired) electrons. The van der Waals surface area contributed by atoms with E-state index in [1.807, 2.05) is 55.5 Å². The number of nitrogens with one attached hydrogen (secondary N) is 1. The average Bonchev–Trinajstić information content (AvgIpc) is 3.56. The van der Waals surface area contributed by atoms with Crippen LogP contribution in [0.3, 0.4) is 0 Å². The first kappa shape index (κ1) is 34.1. The smallest absolute Gasteiger partial charge is 0.339 e. The molecule has 0 aromatic heterocycles. The number of ether oxygens (including phenoxy) is 1. The Balaban J connectivity index is 1.20. The minimum Gasteiger partial charge on any atom is -0.508 e. The number of aromatic hydroxyl groups is 2. The van der Waals surface area contributed by atoms with Gasteiger partial charge in [0.15, 0.2) is 0 Å². The summed E-state index contributed by atoms with van der Waals surface area (Å²) < 4.78 is 6.17. The van der Waals surface area contributed by atoms with Crippen LogP contribution in [0.2, 0.25) is 0 Å². The van der Waals surface area contributed by atoms with Gasteiger partial charge in [0.05, 0.1) is 40.8 Å². The molecule has 3 heterocycles. The van der Waals surface area contributed by atoms with E-state index < -0.39 is 70.4 Å². The van der Waals surface area contributed by atoms with Crippen LogP contribution in [0.25, 0.3) is 0 Å². The average molecular weight is 738 g/mol. The molecule has 0 bridgehead atoms. The Labute approximate surface area is 314 Å². The van der Waals surface area contributed by atoms with Gasteiger partial charge in [0.25, 0.3) is 11.8 Å². The number of rotatable bonds is 6. The minimum absolute atomic E-state index is 0.0404. The molecule has 0 unspecified atom stereocenters. The van der Waals surface area contributed by atoms with E-state index >= 15 is 4.79 Å². The summed E-state index contributed by atoms with van der Waals surface area (Å²) in [6, 6.07) is 24.8. The Morgan fingerprint density at radius 2 is 1.64 bits per heavy atom. The summed E-state index contributed by atoms with van der Waals surface area (Å²) in [6.07, 6.45) is 4.06. The number of phenols is 2. The number of amides is 4. The molecule has 2 aliphatic carbocycles. The van der Waals surface area contributed by atoms with Gasteiger partial charge in [0.1, 0.15) is 22.8 Å². The number of aryl methyl sites for hydroxylation is 1. The highest BCUT2D eigenvalue weighted by Gasteiger charge is 2.70. The largest absolute Gasteiger partial charge is 0.508 e. The van der Waals surface area contributed by atoms with Crippen LogP contribution in [-0.2, 0) is 31.0 Å². The Hall–Kier alpha value is -6.69. The quantitative estimate of drug-likeness (QED) is 0.143. The number of fused-ring (bicyclic) bond motifs is 5. The Bertz CT molecular complexity index is 2410. The number of anilines is 2. The van der Waals surface area contributed by atoms with Crippen LogP contribution in [0, 0.1) is 36.5 Å². The number of phenolic OH excluding ortho intramolecular Hbond substituents is 1. The van der Waals surface area contributed by atoms with E-state index in [1.165, 1.54) is 12.1 Å². The van der Waals surface area contributed by atoms with Crippen molar-refractivity contribution in [1.82, 2.24) is 5.01 Å². The standard InChI is InChI=1S/C43H35N3O9/c1-22-7-9-26(10-8-22)44-46-39(50)33-20-32-29(14-15-31-36(32)40(51)45(38(31)49)27-11-13-30(41(52)53)34(48)19-27)37(43(33,42(46)54)25-5-3-2-4-6-25)24-17-23-18-28(47)12-16-35(23)55-21-24/h2-14,16,18-19,21,31-33,36-37,44,47-48H,15,17,20H2,1H3,(H,52,53)/t31-,32+,33-,36-,37-,43+/m0/s1. The first-order chi connectivity index (χ1) is 26.5. The summed E-state index contributed by atoms with van der Waals surface area (Å²) in [5.41, 5.74) is 5.52.